The van der Waals surface area contributed by atoms with Crippen LogP contribution in [0.3, 0.4) is 0 Å². The van der Waals surface area contributed by atoms with Gasteiger partial charge in [0.05, 0.1) is 13.1 Å². The summed E-state index contributed by atoms with van der Waals surface area (Å²) in [6, 6.07) is 1.46. The monoisotopic (exact) mass is 209 g/mol. The number of hydrogen-bond acceptors (Lipinski definition) is 1. The van der Waals surface area contributed by atoms with Gasteiger partial charge in [-0.3, -0.25) is 4.90 Å². The maximum atomic E-state index is 2.59. The topological polar surface area (TPSA) is 3.24 Å². The molecule has 2 nitrogen and oxygen atoms in total. The van der Waals surface area contributed by atoms with Crippen LogP contribution >= 0.6 is 0 Å². The summed E-state index contributed by atoms with van der Waals surface area (Å²) in [6.45, 7) is 14.3. The highest BCUT2D eigenvalue weighted by Gasteiger charge is 2.40. The van der Waals surface area contributed by atoms with Gasteiger partial charge in [0.2, 0.25) is 0 Å². The number of quaternary nitrogens is 1. The number of rotatable bonds is 2. The Morgan fingerprint density at radius 3 is 1.80 bits per heavy atom. The molecular formula is C13H25N2+. The molecule has 0 N–H and O–H groups in total. The molecule has 0 atom stereocenters. The molecule has 0 aromatic carbocycles. The van der Waals surface area contributed by atoms with Crippen molar-refractivity contribution in [2.75, 3.05) is 33.2 Å². The van der Waals surface area contributed by atoms with Gasteiger partial charge >= 0.3 is 0 Å². The smallest absolute Gasteiger partial charge is 0.102 e. The summed E-state index contributed by atoms with van der Waals surface area (Å²) >= 11 is 0. The first-order valence-electron chi connectivity index (χ1n) is 6.20. The number of hydrogen-bond donors (Lipinski definition) is 0. The van der Waals surface area contributed by atoms with Gasteiger partial charge in [-0.05, 0) is 27.7 Å². The van der Waals surface area contributed by atoms with Gasteiger partial charge < -0.3 is 4.48 Å². The Morgan fingerprint density at radius 2 is 1.47 bits per heavy atom. The van der Waals surface area contributed by atoms with Gasteiger partial charge in [0.1, 0.15) is 13.1 Å². The van der Waals surface area contributed by atoms with Gasteiger partial charge in [-0.15, -0.1) is 0 Å². The van der Waals surface area contributed by atoms with Crippen LogP contribution in [0.25, 0.3) is 0 Å². The molecule has 2 heteroatoms. The van der Waals surface area contributed by atoms with E-state index >= 15 is 0 Å². The maximum Gasteiger partial charge on any atom is 0.102 e. The Labute approximate surface area is 94.1 Å². The van der Waals surface area contributed by atoms with E-state index in [2.05, 4.69) is 39.6 Å². The standard InChI is InChI=1S/C13H25N2/c1-10(2)14-6-12-8-15(5,11(3)4)9-13(12)7-14/h10-11H,6-9H2,1-5H3/q+1. The summed E-state index contributed by atoms with van der Waals surface area (Å²) in [4.78, 5) is 2.59. The van der Waals surface area contributed by atoms with Gasteiger partial charge in [-0.25, -0.2) is 0 Å². The number of likely N-dealkylation sites (N-methyl/N-ethyl adjacent to an activating group) is 1. The SMILES string of the molecule is CC(C)N1CC2=C(C1)C[N+](C)(C(C)C)C2. The van der Waals surface area contributed by atoms with Crippen LogP contribution in [0.2, 0.25) is 0 Å². The fourth-order valence-corrected chi connectivity index (χ4v) is 2.75. The fourth-order valence-electron chi connectivity index (χ4n) is 2.75. The van der Waals surface area contributed by atoms with Crippen LogP contribution in [0.15, 0.2) is 11.1 Å². The van der Waals surface area contributed by atoms with Crippen molar-refractivity contribution in [1.82, 2.24) is 4.90 Å². The molecule has 0 saturated carbocycles. The Kier molecular flexibility index (Phi) is 2.68. The Balaban J connectivity index is 2.02. The van der Waals surface area contributed by atoms with E-state index in [-0.39, 0.29) is 0 Å². The van der Waals surface area contributed by atoms with Gasteiger partial charge in [0.25, 0.3) is 0 Å². The first-order chi connectivity index (χ1) is 6.92. The van der Waals surface area contributed by atoms with E-state index in [9.17, 15) is 0 Å². The van der Waals surface area contributed by atoms with Gasteiger partial charge in [-0.2, -0.15) is 0 Å². The second-order valence-electron chi connectivity index (χ2n) is 6.10. The lowest BCUT2D eigenvalue weighted by molar-refractivity contribution is -0.916. The highest BCUT2D eigenvalue weighted by Crippen LogP contribution is 2.32. The van der Waals surface area contributed by atoms with E-state index in [1.165, 1.54) is 30.7 Å². The lowest BCUT2D eigenvalue weighted by Crippen LogP contribution is -2.50. The molecule has 0 unspecified atom stereocenters. The minimum atomic E-state index is 0.702. The molecule has 0 amide bonds. The van der Waals surface area contributed by atoms with Crippen molar-refractivity contribution >= 4 is 0 Å². The molecule has 0 aromatic rings. The molecule has 0 fully saturated rings. The summed E-state index contributed by atoms with van der Waals surface area (Å²) in [5.74, 6) is 0. The fraction of sp³-hybridized carbons (Fsp3) is 0.846. The minimum absolute atomic E-state index is 0.702. The summed E-state index contributed by atoms with van der Waals surface area (Å²) in [6.07, 6.45) is 0. The molecule has 0 radical (unpaired) electrons. The first-order valence-corrected chi connectivity index (χ1v) is 6.20. The lowest BCUT2D eigenvalue weighted by atomic mass is 10.2. The van der Waals surface area contributed by atoms with E-state index in [0.29, 0.717) is 6.04 Å². The zero-order valence-corrected chi connectivity index (χ0v) is 10.9. The van der Waals surface area contributed by atoms with Crippen LogP contribution < -0.4 is 0 Å². The second kappa shape index (κ2) is 3.60. The molecule has 0 aliphatic carbocycles. The zero-order chi connectivity index (χ0) is 11.2. The van der Waals surface area contributed by atoms with Crippen molar-refractivity contribution in [3.8, 4) is 0 Å². The van der Waals surface area contributed by atoms with Gasteiger partial charge in [-0.1, -0.05) is 0 Å². The average molecular weight is 209 g/mol. The van der Waals surface area contributed by atoms with Crippen LogP contribution in [0.5, 0.6) is 0 Å². The van der Waals surface area contributed by atoms with Crippen LogP contribution in [0.4, 0.5) is 0 Å². The summed E-state index contributed by atoms with van der Waals surface area (Å²) < 4.78 is 1.23. The molecule has 0 bridgehead atoms. The first kappa shape index (κ1) is 11.2. The third-order valence-electron chi connectivity index (χ3n) is 4.37. The Bertz CT molecular complexity index is 271. The van der Waals surface area contributed by atoms with Crippen LogP contribution in [-0.2, 0) is 0 Å². The van der Waals surface area contributed by atoms with Crippen LogP contribution in [0, 0.1) is 0 Å². The molecule has 2 aliphatic heterocycles. The summed E-state index contributed by atoms with van der Waals surface area (Å²) in [5.41, 5.74) is 3.47. The summed E-state index contributed by atoms with van der Waals surface area (Å²) in [7, 11) is 2.41. The van der Waals surface area contributed by atoms with Gasteiger partial charge in [0.15, 0.2) is 0 Å². The molecule has 0 aromatic heterocycles. The largest absolute Gasteiger partial charge is 0.317 e. The normalized spacial score (nSPS) is 25.8. The predicted molar refractivity (Wildman–Crippen MR) is 64.8 cm³/mol. The lowest BCUT2D eigenvalue weighted by Gasteiger charge is -2.36. The van der Waals surface area contributed by atoms with Gasteiger partial charge in [0, 0.05) is 30.3 Å². The van der Waals surface area contributed by atoms with Crippen LogP contribution in [0.1, 0.15) is 27.7 Å². The maximum absolute atomic E-state index is 2.59. The van der Waals surface area contributed by atoms with E-state index < -0.39 is 0 Å². The third kappa shape index (κ3) is 1.85. The van der Waals surface area contributed by atoms with Crippen molar-refractivity contribution in [2.45, 2.75) is 39.8 Å². The molecule has 2 rings (SSSR count). The molecule has 2 aliphatic rings. The van der Waals surface area contributed by atoms with E-state index in [0.717, 1.165) is 6.04 Å². The predicted octanol–water partition coefficient (Wildman–Crippen LogP) is 1.88. The second-order valence-corrected chi connectivity index (χ2v) is 6.10. The minimum Gasteiger partial charge on any atom is -0.317 e. The highest BCUT2D eigenvalue weighted by molar-refractivity contribution is 5.27. The zero-order valence-electron chi connectivity index (χ0n) is 10.9. The van der Waals surface area contributed by atoms with Crippen molar-refractivity contribution in [3.05, 3.63) is 11.1 Å². The summed E-state index contributed by atoms with van der Waals surface area (Å²) in [5, 5.41) is 0. The molecular weight excluding hydrogens is 184 g/mol. The third-order valence-corrected chi connectivity index (χ3v) is 4.37. The van der Waals surface area contributed by atoms with E-state index in [4.69, 9.17) is 0 Å². The Morgan fingerprint density at radius 1 is 1.00 bits per heavy atom. The number of nitrogens with zero attached hydrogens (tertiary/aromatic N) is 2. The molecule has 2 heterocycles. The molecule has 86 valence electrons. The van der Waals surface area contributed by atoms with Crippen molar-refractivity contribution in [2.24, 2.45) is 0 Å². The van der Waals surface area contributed by atoms with Crippen molar-refractivity contribution in [1.29, 1.82) is 0 Å². The van der Waals surface area contributed by atoms with Crippen LogP contribution in [-0.4, -0.2) is 54.7 Å². The molecule has 0 saturated heterocycles. The van der Waals surface area contributed by atoms with Crippen molar-refractivity contribution < 1.29 is 4.48 Å². The quantitative estimate of drug-likeness (QED) is 0.496. The molecule has 0 spiro atoms. The average Bonchev–Trinajstić information content (AvgIpc) is 2.59. The highest BCUT2D eigenvalue weighted by atomic mass is 15.4. The van der Waals surface area contributed by atoms with Crippen molar-refractivity contribution in [3.63, 3.8) is 0 Å². The molecule has 15 heavy (non-hydrogen) atoms. The Hall–Kier alpha value is -0.340. The van der Waals surface area contributed by atoms with E-state index in [1.807, 2.05) is 0 Å². The van der Waals surface area contributed by atoms with E-state index in [1.54, 1.807) is 11.1 Å².